The van der Waals surface area contributed by atoms with Gasteiger partial charge in [0.1, 0.15) is 0 Å². The molecule has 1 fully saturated rings. The number of carbonyl (C=O) groups is 2. The van der Waals surface area contributed by atoms with E-state index < -0.39 is 6.04 Å². The Kier molecular flexibility index (Phi) is 4.93. The number of para-hydroxylation sites is 1. The van der Waals surface area contributed by atoms with Crippen LogP contribution in [0.5, 0.6) is 0 Å². The van der Waals surface area contributed by atoms with Gasteiger partial charge >= 0.3 is 0 Å². The van der Waals surface area contributed by atoms with Gasteiger partial charge in [-0.3, -0.25) is 14.5 Å². The van der Waals surface area contributed by atoms with Crippen LogP contribution in [0.3, 0.4) is 0 Å². The van der Waals surface area contributed by atoms with Crippen molar-refractivity contribution in [3.8, 4) is 0 Å². The normalized spacial score (nSPS) is 18.1. The van der Waals surface area contributed by atoms with E-state index in [0.29, 0.717) is 13.1 Å². The molecule has 0 bridgehead atoms. The number of amides is 2. The highest BCUT2D eigenvalue weighted by atomic mass is 16.2. The average Bonchev–Trinajstić information content (AvgIpc) is 2.75. The van der Waals surface area contributed by atoms with E-state index in [1.807, 2.05) is 36.9 Å². The second-order valence-electron chi connectivity index (χ2n) is 5.56. The van der Waals surface area contributed by atoms with Gasteiger partial charge in [-0.1, -0.05) is 30.4 Å². The molecule has 1 saturated heterocycles. The molecular formula is C18H22N2O2. The largest absolute Gasteiger partial charge is 0.284 e. The van der Waals surface area contributed by atoms with Crippen LogP contribution in [-0.4, -0.2) is 35.8 Å². The van der Waals surface area contributed by atoms with Crippen LogP contribution in [0.4, 0.5) is 5.69 Å². The van der Waals surface area contributed by atoms with E-state index in [9.17, 15) is 9.59 Å². The van der Waals surface area contributed by atoms with Crippen LogP contribution in [0.1, 0.15) is 17.5 Å². The smallest absolute Gasteiger partial charge is 0.251 e. The number of nitrogens with zero attached hydrogens (tertiary/aromatic N) is 2. The summed E-state index contributed by atoms with van der Waals surface area (Å²) in [6.07, 6.45) is 3.68. The van der Waals surface area contributed by atoms with Crippen molar-refractivity contribution in [2.45, 2.75) is 26.3 Å². The Bertz CT molecular complexity index is 591. The molecule has 1 aliphatic rings. The number of carbonyl (C=O) groups excluding carboxylic acids is 2. The van der Waals surface area contributed by atoms with Gasteiger partial charge in [0, 0.05) is 13.1 Å². The van der Waals surface area contributed by atoms with E-state index in [0.717, 1.165) is 16.8 Å². The summed E-state index contributed by atoms with van der Waals surface area (Å²) in [5.41, 5.74) is 2.58. The molecule has 1 aromatic carbocycles. The molecule has 4 nitrogen and oxygen atoms in total. The molecule has 1 atom stereocenters. The quantitative estimate of drug-likeness (QED) is 0.599. The first-order chi connectivity index (χ1) is 10.5. The predicted molar refractivity (Wildman–Crippen MR) is 88.8 cm³/mol. The minimum atomic E-state index is -0.442. The molecule has 1 aliphatic heterocycles. The first-order valence-electron chi connectivity index (χ1n) is 7.40. The van der Waals surface area contributed by atoms with E-state index in [4.69, 9.17) is 0 Å². The SMILES string of the molecule is C=CCN(CC=C)[C@H]1CC(=O)N(c2c(C)cccc2C)C1=O. The lowest BCUT2D eigenvalue weighted by molar-refractivity contribution is -0.122. The van der Waals surface area contributed by atoms with Crippen LogP contribution in [0.2, 0.25) is 0 Å². The maximum atomic E-state index is 12.8. The van der Waals surface area contributed by atoms with Crippen molar-refractivity contribution in [2.24, 2.45) is 0 Å². The highest BCUT2D eigenvalue weighted by Gasteiger charge is 2.42. The van der Waals surface area contributed by atoms with Crippen LogP contribution < -0.4 is 4.90 Å². The Balaban J connectivity index is 2.36. The third kappa shape index (κ3) is 2.88. The molecule has 116 valence electrons. The highest BCUT2D eigenvalue weighted by Crippen LogP contribution is 2.31. The molecule has 0 unspecified atom stereocenters. The number of anilines is 1. The number of hydrogen-bond acceptors (Lipinski definition) is 3. The summed E-state index contributed by atoms with van der Waals surface area (Å²) in [6, 6.07) is 5.32. The van der Waals surface area contributed by atoms with Gasteiger partial charge in [0.25, 0.3) is 5.91 Å². The lowest BCUT2D eigenvalue weighted by atomic mass is 10.1. The van der Waals surface area contributed by atoms with Gasteiger partial charge < -0.3 is 0 Å². The summed E-state index contributed by atoms with van der Waals surface area (Å²) in [5, 5.41) is 0. The molecule has 22 heavy (non-hydrogen) atoms. The van der Waals surface area contributed by atoms with Crippen molar-refractivity contribution >= 4 is 17.5 Å². The van der Waals surface area contributed by atoms with Crippen molar-refractivity contribution in [1.82, 2.24) is 4.90 Å². The molecule has 0 N–H and O–H groups in total. The third-order valence-electron chi connectivity index (χ3n) is 3.95. The molecular weight excluding hydrogens is 276 g/mol. The molecule has 0 spiro atoms. The standard InChI is InChI=1S/C18H22N2O2/c1-5-10-19(11-6-2)15-12-16(21)20(18(15)22)17-13(3)8-7-9-14(17)4/h5-9,15H,1-2,10-12H2,3-4H3/t15-/m0/s1. The van der Waals surface area contributed by atoms with Crippen molar-refractivity contribution in [3.63, 3.8) is 0 Å². The zero-order valence-electron chi connectivity index (χ0n) is 13.2. The lowest BCUT2D eigenvalue weighted by Crippen LogP contribution is -2.42. The van der Waals surface area contributed by atoms with Gasteiger partial charge in [0.2, 0.25) is 5.91 Å². The van der Waals surface area contributed by atoms with E-state index in [1.165, 1.54) is 4.90 Å². The first-order valence-corrected chi connectivity index (χ1v) is 7.40. The van der Waals surface area contributed by atoms with Gasteiger partial charge in [0.05, 0.1) is 18.2 Å². The Hall–Kier alpha value is -2.20. The van der Waals surface area contributed by atoms with Crippen molar-refractivity contribution in [1.29, 1.82) is 0 Å². The zero-order chi connectivity index (χ0) is 16.3. The molecule has 0 radical (unpaired) electrons. The van der Waals surface area contributed by atoms with Crippen molar-refractivity contribution < 1.29 is 9.59 Å². The van der Waals surface area contributed by atoms with E-state index >= 15 is 0 Å². The molecule has 0 aromatic heterocycles. The number of benzene rings is 1. The zero-order valence-corrected chi connectivity index (χ0v) is 13.2. The maximum absolute atomic E-state index is 12.8. The predicted octanol–water partition coefficient (Wildman–Crippen LogP) is 2.61. The Morgan fingerprint density at radius 1 is 1.18 bits per heavy atom. The minimum absolute atomic E-state index is 0.148. The van der Waals surface area contributed by atoms with Crippen molar-refractivity contribution in [2.75, 3.05) is 18.0 Å². The van der Waals surface area contributed by atoms with Crippen LogP contribution in [-0.2, 0) is 9.59 Å². The number of aryl methyl sites for hydroxylation is 2. The van der Waals surface area contributed by atoms with Gasteiger partial charge in [0.15, 0.2) is 0 Å². The average molecular weight is 298 g/mol. The number of rotatable bonds is 6. The Morgan fingerprint density at radius 2 is 1.73 bits per heavy atom. The fraction of sp³-hybridized carbons (Fsp3) is 0.333. The summed E-state index contributed by atoms with van der Waals surface area (Å²) < 4.78 is 0. The van der Waals surface area contributed by atoms with Gasteiger partial charge in [-0.15, -0.1) is 13.2 Å². The first kappa shape index (κ1) is 16.2. The van der Waals surface area contributed by atoms with Crippen molar-refractivity contribution in [3.05, 3.63) is 54.6 Å². The van der Waals surface area contributed by atoms with Crippen LogP contribution >= 0.6 is 0 Å². The Labute approximate surface area is 131 Å². The topological polar surface area (TPSA) is 40.6 Å². The van der Waals surface area contributed by atoms with Gasteiger partial charge in [-0.2, -0.15) is 0 Å². The monoisotopic (exact) mass is 298 g/mol. The van der Waals surface area contributed by atoms with Gasteiger partial charge in [-0.05, 0) is 25.0 Å². The maximum Gasteiger partial charge on any atom is 0.251 e. The third-order valence-corrected chi connectivity index (χ3v) is 3.95. The van der Waals surface area contributed by atoms with Gasteiger partial charge in [-0.25, -0.2) is 4.90 Å². The summed E-state index contributed by atoms with van der Waals surface area (Å²) in [4.78, 5) is 28.5. The highest BCUT2D eigenvalue weighted by molar-refractivity contribution is 6.23. The second-order valence-corrected chi connectivity index (χ2v) is 5.56. The van der Waals surface area contributed by atoms with Crippen LogP contribution in [0.25, 0.3) is 0 Å². The summed E-state index contributed by atoms with van der Waals surface area (Å²) in [5.74, 6) is -0.309. The fourth-order valence-corrected chi connectivity index (χ4v) is 2.96. The van der Waals surface area contributed by atoms with Crippen LogP contribution in [0, 0.1) is 13.8 Å². The lowest BCUT2D eigenvalue weighted by Gasteiger charge is -2.25. The molecule has 0 saturated carbocycles. The summed E-state index contributed by atoms with van der Waals surface area (Å²) >= 11 is 0. The van der Waals surface area contributed by atoms with E-state index in [2.05, 4.69) is 13.2 Å². The number of hydrogen-bond donors (Lipinski definition) is 0. The van der Waals surface area contributed by atoms with E-state index in [1.54, 1.807) is 12.2 Å². The molecule has 1 aromatic rings. The number of imide groups is 1. The molecule has 1 heterocycles. The van der Waals surface area contributed by atoms with E-state index in [-0.39, 0.29) is 18.2 Å². The minimum Gasteiger partial charge on any atom is -0.284 e. The molecule has 4 heteroatoms. The molecule has 0 aliphatic carbocycles. The molecule has 2 rings (SSSR count). The molecule has 2 amide bonds. The van der Waals surface area contributed by atoms with Crippen LogP contribution in [0.15, 0.2) is 43.5 Å². The summed E-state index contributed by atoms with van der Waals surface area (Å²) in [7, 11) is 0. The fourth-order valence-electron chi connectivity index (χ4n) is 2.96. The Morgan fingerprint density at radius 3 is 2.23 bits per heavy atom. The second kappa shape index (κ2) is 6.71. The summed E-state index contributed by atoms with van der Waals surface area (Å²) in [6.45, 7) is 12.4.